The second-order valence-corrected chi connectivity index (χ2v) is 4.19. The first kappa shape index (κ1) is 13.6. The molecule has 1 N–H and O–H groups in total. The second-order valence-electron chi connectivity index (χ2n) is 4.19. The van der Waals surface area contributed by atoms with Crippen LogP contribution in [-0.2, 0) is 19.3 Å². The largest absolute Gasteiger partial charge is 0.433 e. The fraction of sp³-hybridized carbons (Fsp3) is 0.308. The zero-order valence-corrected chi connectivity index (χ0v) is 10.4. The average molecular weight is 269 g/mol. The van der Waals surface area contributed by atoms with Crippen molar-refractivity contribution < 1.29 is 13.2 Å². The number of hydrogen-bond acceptors (Lipinski definition) is 2. The molecule has 0 aliphatic rings. The molecule has 2 rings (SSSR count). The van der Waals surface area contributed by atoms with Crippen molar-refractivity contribution in [2.45, 2.75) is 19.3 Å². The number of alkyl halides is 3. The average Bonchev–Trinajstić information content (AvgIpc) is 2.73. The zero-order valence-electron chi connectivity index (χ0n) is 10.4. The van der Waals surface area contributed by atoms with E-state index in [9.17, 15) is 13.2 Å². The molecule has 102 valence electrons. The van der Waals surface area contributed by atoms with E-state index in [0.29, 0.717) is 0 Å². The molecule has 0 amide bonds. The summed E-state index contributed by atoms with van der Waals surface area (Å²) in [6, 6.07) is 8.96. The molecular formula is C13H14F3N3. The predicted octanol–water partition coefficient (Wildman–Crippen LogP) is 2.67. The normalized spacial score (nSPS) is 11.8. The van der Waals surface area contributed by atoms with Crippen LogP contribution in [-0.4, -0.2) is 16.8 Å². The van der Waals surface area contributed by atoms with Crippen molar-refractivity contribution in [3.8, 4) is 0 Å². The lowest BCUT2D eigenvalue weighted by Gasteiger charge is -2.12. The minimum Gasteiger partial charge on any atom is -0.316 e. The number of aromatic nitrogens is 2. The molecule has 0 radical (unpaired) electrons. The van der Waals surface area contributed by atoms with Crippen molar-refractivity contribution in [2.75, 3.05) is 7.05 Å². The van der Waals surface area contributed by atoms with Crippen LogP contribution in [0.25, 0.3) is 0 Å². The van der Waals surface area contributed by atoms with E-state index in [1.54, 1.807) is 31.3 Å². The number of nitrogens with one attached hydrogen (secondary N) is 1. The van der Waals surface area contributed by atoms with Gasteiger partial charge in [-0.15, -0.1) is 0 Å². The SMILES string of the molecule is CNCc1cnn(Cc2ccccc2)c1C(F)(F)F. The van der Waals surface area contributed by atoms with E-state index in [2.05, 4.69) is 10.4 Å². The Morgan fingerprint density at radius 3 is 2.47 bits per heavy atom. The molecule has 0 saturated carbocycles. The fourth-order valence-electron chi connectivity index (χ4n) is 1.95. The Morgan fingerprint density at radius 2 is 1.89 bits per heavy atom. The molecule has 2 aromatic rings. The van der Waals surface area contributed by atoms with Gasteiger partial charge >= 0.3 is 6.18 Å². The van der Waals surface area contributed by atoms with E-state index >= 15 is 0 Å². The molecule has 1 aromatic heterocycles. The number of rotatable bonds is 4. The number of hydrogen-bond donors (Lipinski definition) is 1. The third-order valence-corrected chi connectivity index (χ3v) is 2.73. The van der Waals surface area contributed by atoms with Gasteiger partial charge in [-0.05, 0) is 12.6 Å². The Morgan fingerprint density at radius 1 is 1.21 bits per heavy atom. The van der Waals surface area contributed by atoms with E-state index < -0.39 is 11.9 Å². The third-order valence-electron chi connectivity index (χ3n) is 2.73. The van der Waals surface area contributed by atoms with Crippen LogP contribution in [0, 0.1) is 0 Å². The molecule has 0 fully saturated rings. The fourth-order valence-corrected chi connectivity index (χ4v) is 1.95. The maximum absolute atomic E-state index is 13.1. The zero-order chi connectivity index (χ0) is 13.9. The maximum atomic E-state index is 13.1. The Bertz CT molecular complexity index is 532. The van der Waals surface area contributed by atoms with E-state index in [1.807, 2.05) is 6.07 Å². The summed E-state index contributed by atoms with van der Waals surface area (Å²) in [7, 11) is 1.61. The summed E-state index contributed by atoms with van der Waals surface area (Å²) >= 11 is 0. The van der Waals surface area contributed by atoms with Gasteiger partial charge in [0.15, 0.2) is 0 Å². The molecule has 1 aromatic carbocycles. The molecule has 0 aliphatic heterocycles. The number of nitrogens with zero attached hydrogens (tertiary/aromatic N) is 2. The van der Waals surface area contributed by atoms with Gasteiger partial charge in [0.05, 0.1) is 12.7 Å². The molecule has 3 nitrogen and oxygen atoms in total. The van der Waals surface area contributed by atoms with Crippen LogP contribution in [0.4, 0.5) is 13.2 Å². The van der Waals surface area contributed by atoms with Crippen molar-refractivity contribution in [2.24, 2.45) is 0 Å². The van der Waals surface area contributed by atoms with Crippen molar-refractivity contribution in [1.82, 2.24) is 15.1 Å². The van der Waals surface area contributed by atoms with Crippen LogP contribution in [0.3, 0.4) is 0 Å². The summed E-state index contributed by atoms with van der Waals surface area (Å²) in [5.74, 6) is 0. The highest BCUT2D eigenvalue weighted by atomic mass is 19.4. The topological polar surface area (TPSA) is 29.9 Å². The summed E-state index contributed by atoms with van der Waals surface area (Å²) in [5.41, 5.74) is 0.253. The smallest absolute Gasteiger partial charge is 0.316 e. The Hall–Kier alpha value is -1.82. The lowest BCUT2D eigenvalue weighted by molar-refractivity contribution is -0.144. The summed E-state index contributed by atoms with van der Waals surface area (Å²) in [6.07, 6.45) is -3.14. The van der Waals surface area contributed by atoms with E-state index in [1.165, 1.54) is 6.20 Å². The minimum atomic E-state index is -4.41. The highest BCUT2D eigenvalue weighted by Crippen LogP contribution is 2.32. The van der Waals surface area contributed by atoms with Gasteiger partial charge in [0.25, 0.3) is 0 Å². The standard InChI is InChI=1S/C13H14F3N3/c1-17-7-11-8-18-19(12(11)13(14,15)16)9-10-5-3-2-4-6-10/h2-6,8,17H,7,9H2,1H3. The van der Waals surface area contributed by atoms with Crippen LogP contribution in [0.1, 0.15) is 16.8 Å². The first-order valence-electron chi connectivity index (χ1n) is 5.82. The van der Waals surface area contributed by atoms with Crippen LogP contribution >= 0.6 is 0 Å². The first-order valence-corrected chi connectivity index (χ1v) is 5.82. The van der Waals surface area contributed by atoms with Gasteiger partial charge in [0.2, 0.25) is 0 Å². The summed E-state index contributed by atoms with van der Waals surface area (Å²) < 4.78 is 40.2. The van der Waals surface area contributed by atoms with Gasteiger partial charge in [-0.2, -0.15) is 18.3 Å². The summed E-state index contributed by atoms with van der Waals surface area (Å²) in [6.45, 7) is 0.253. The van der Waals surface area contributed by atoms with Gasteiger partial charge in [0, 0.05) is 12.1 Å². The van der Waals surface area contributed by atoms with E-state index in [0.717, 1.165) is 10.2 Å². The van der Waals surface area contributed by atoms with Crippen molar-refractivity contribution in [3.05, 3.63) is 53.3 Å². The lowest BCUT2D eigenvalue weighted by Crippen LogP contribution is -2.19. The molecule has 0 aliphatic carbocycles. The molecule has 0 bridgehead atoms. The van der Waals surface area contributed by atoms with Gasteiger partial charge < -0.3 is 5.32 Å². The van der Waals surface area contributed by atoms with Gasteiger partial charge in [0.1, 0.15) is 5.69 Å². The minimum absolute atomic E-state index is 0.111. The highest BCUT2D eigenvalue weighted by Gasteiger charge is 2.37. The second kappa shape index (κ2) is 5.44. The van der Waals surface area contributed by atoms with Gasteiger partial charge in [-0.3, -0.25) is 4.68 Å². The Labute approximate surface area is 109 Å². The molecule has 6 heteroatoms. The Kier molecular flexibility index (Phi) is 3.90. The van der Waals surface area contributed by atoms with E-state index in [-0.39, 0.29) is 18.7 Å². The molecule has 0 unspecified atom stereocenters. The number of benzene rings is 1. The molecular weight excluding hydrogens is 255 g/mol. The maximum Gasteiger partial charge on any atom is 0.433 e. The molecule has 0 spiro atoms. The van der Waals surface area contributed by atoms with Crippen LogP contribution in [0.15, 0.2) is 36.5 Å². The van der Waals surface area contributed by atoms with Crippen LogP contribution in [0.5, 0.6) is 0 Å². The Balaban J connectivity index is 2.35. The van der Waals surface area contributed by atoms with Crippen LogP contribution in [0.2, 0.25) is 0 Å². The monoisotopic (exact) mass is 269 g/mol. The molecule has 1 heterocycles. The molecule has 19 heavy (non-hydrogen) atoms. The van der Waals surface area contributed by atoms with E-state index in [4.69, 9.17) is 0 Å². The van der Waals surface area contributed by atoms with Crippen molar-refractivity contribution in [3.63, 3.8) is 0 Å². The highest BCUT2D eigenvalue weighted by molar-refractivity contribution is 5.23. The summed E-state index contributed by atoms with van der Waals surface area (Å²) in [5, 5.41) is 6.57. The quantitative estimate of drug-likeness (QED) is 0.924. The third kappa shape index (κ3) is 3.14. The van der Waals surface area contributed by atoms with Crippen molar-refractivity contribution >= 4 is 0 Å². The van der Waals surface area contributed by atoms with Gasteiger partial charge in [-0.25, -0.2) is 0 Å². The predicted molar refractivity (Wildman–Crippen MR) is 65.5 cm³/mol. The summed E-state index contributed by atoms with van der Waals surface area (Å²) in [4.78, 5) is 0. The number of halogens is 3. The molecule has 0 atom stereocenters. The van der Waals surface area contributed by atoms with Crippen molar-refractivity contribution in [1.29, 1.82) is 0 Å². The van der Waals surface area contributed by atoms with Gasteiger partial charge in [-0.1, -0.05) is 30.3 Å². The van der Waals surface area contributed by atoms with Crippen LogP contribution < -0.4 is 5.32 Å². The first-order chi connectivity index (χ1) is 9.02. The lowest BCUT2D eigenvalue weighted by atomic mass is 10.2. The molecule has 0 saturated heterocycles.